The van der Waals surface area contributed by atoms with Gasteiger partial charge >= 0.3 is 0 Å². The molecule has 1 heterocycles. The quantitative estimate of drug-likeness (QED) is 0.797. The lowest BCUT2D eigenvalue weighted by atomic mass is 9.96. The van der Waals surface area contributed by atoms with Crippen LogP contribution in [0, 0.1) is 19.8 Å². The fraction of sp³-hybridized carbons (Fsp3) is 0.692. The van der Waals surface area contributed by atoms with Crippen molar-refractivity contribution in [3.63, 3.8) is 0 Å². The number of nitrogens with one attached hydrogen (secondary N) is 1. The first-order valence-electron chi connectivity index (χ1n) is 5.86. The second kappa shape index (κ2) is 5.66. The molecule has 0 saturated carbocycles. The van der Waals surface area contributed by atoms with E-state index in [0.717, 1.165) is 6.54 Å². The summed E-state index contributed by atoms with van der Waals surface area (Å²) in [6, 6.07) is 2.86. The molecular formula is C13H23NS. The zero-order valence-corrected chi connectivity index (χ0v) is 11.4. The molecule has 0 spiro atoms. The Labute approximate surface area is 97.9 Å². The summed E-state index contributed by atoms with van der Waals surface area (Å²) in [5.41, 5.74) is 1.50. The summed E-state index contributed by atoms with van der Waals surface area (Å²) in [6.45, 7) is 12.3. The molecule has 0 aliphatic carbocycles. The summed E-state index contributed by atoms with van der Waals surface area (Å²) < 4.78 is 0. The molecule has 0 aliphatic heterocycles. The molecule has 1 aromatic rings. The van der Waals surface area contributed by atoms with Crippen LogP contribution in [0.15, 0.2) is 6.07 Å². The summed E-state index contributed by atoms with van der Waals surface area (Å²) in [7, 11) is 0. The molecule has 15 heavy (non-hydrogen) atoms. The lowest BCUT2D eigenvalue weighted by Gasteiger charge is -2.22. The van der Waals surface area contributed by atoms with E-state index in [1.807, 2.05) is 11.3 Å². The molecule has 1 aromatic heterocycles. The van der Waals surface area contributed by atoms with Crippen LogP contribution in [0.25, 0.3) is 0 Å². The fourth-order valence-electron chi connectivity index (χ4n) is 1.96. The Balaban J connectivity index is 2.83. The normalized spacial score (nSPS) is 13.5. The molecule has 2 heteroatoms. The van der Waals surface area contributed by atoms with E-state index in [4.69, 9.17) is 0 Å². The first-order valence-corrected chi connectivity index (χ1v) is 6.68. The topological polar surface area (TPSA) is 12.0 Å². The Morgan fingerprint density at radius 1 is 1.33 bits per heavy atom. The van der Waals surface area contributed by atoms with Crippen LogP contribution in [0.4, 0.5) is 0 Å². The fourth-order valence-corrected chi connectivity index (χ4v) is 2.94. The highest BCUT2D eigenvalue weighted by atomic mass is 32.1. The van der Waals surface area contributed by atoms with E-state index in [-0.39, 0.29) is 0 Å². The smallest absolute Gasteiger partial charge is 0.0354 e. The molecule has 0 saturated heterocycles. The molecule has 1 rings (SSSR count). The van der Waals surface area contributed by atoms with Crippen molar-refractivity contribution in [3.05, 3.63) is 21.4 Å². The van der Waals surface area contributed by atoms with Crippen LogP contribution >= 0.6 is 11.3 Å². The third kappa shape index (κ3) is 3.32. The van der Waals surface area contributed by atoms with Crippen LogP contribution in [-0.4, -0.2) is 6.54 Å². The van der Waals surface area contributed by atoms with Crippen molar-refractivity contribution >= 4 is 11.3 Å². The molecule has 0 aliphatic rings. The van der Waals surface area contributed by atoms with Gasteiger partial charge in [-0.1, -0.05) is 20.8 Å². The maximum absolute atomic E-state index is 3.65. The third-order valence-corrected chi connectivity index (χ3v) is 3.68. The Morgan fingerprint density at radius 3 is 2.40 bits per heavy atom. The van der Waals surface area contributed by atoms with Crippen molar-refractivity contribution in [3.8, 4) is 0 Å². The molecule has 0 aromatic carbocycles. The first kappa shape index (κ1) is 12.7. The van der Waals surface area contributed by atoms with Gasteiger partial charge in [-0.3, -0.25) is 0 Å². The predicted molar refractivity (Wildman–Crippen MR) is 69.7 cm³/mol. The molecular weight excluding hydrogens is 202 g/mol. The largest absolute Gasteiger partial charge is 0.310 e. The number of hydrogen-bond donors (Lipinski definition) is 1. The van der Waals surface area contributed by atoms with Crippen molar-refractivity contribution in [1.82, 2.24) is 5.32 Å². The second-order valence-corrected chi connectivity index (χ2v) is 6.00. The summed E-state index contributed by atoms with van der Waals surface area (Å²) in [5.74, 6) is 0.657. The molecule has 0 bridgehead atoms. The second-order valence-electron chi connectivity index (χ2n) is 4.54. The van der Waals surface area contributed by atoms with Crippen molar-refractivity contribution in [2.24, 2.45) is 5.92 Å². The average molecular weight is 225 g/mol. The number of thiophene rings is 1. The van der Waals surface area contributed by atoms with E-state index >= 15 is 0 Å². The van der Waals surface area contributed by atoms with Gasteiger partial charge in [-0.2, -0.15) is 0 Å². The lowest BCUT2D eigenvalue weighted by molar-refractivity contribution is 0.412. The Morgan fingerprint density at radius 2 is 2.00 bits per heavy atom. The highest BCUT2D eigenvalue weighted by Gasteiger charge is 2.18. The van der Waals surface area contributed by atoms with E-state index in [0.29, 0.717) is 12.0 Å². The molecule has 86 valence electrons. The standard InChI is InChI=1S/C13H23NS/c1-6-7-14-13(9(2)3)12-8-10(4)15-11(12)5/h8-9,13-14H,6-7H2,1-5H3. The van der Waals surface area contributed by atoms with Gasteiger partial charge in [0.2, 0.25) is 0 Å². The molecule has 0 radical (unpaired) electrons. The highest BCUT2D eigenvalue weighted by molar-refractivity contribution is 7.12. The van der Waals surface area contributed by atoms with Crippen molar-refractivity contribution in [1.29, 1.82) is 0 Å². The summed E-state index contributed by atoms with van der Waals surface area (Å²) in [5, 5.41) is 3.65. The SMILES string of the molecule is CCCNC(c1cc(C)sc1C)C(C)C. The Hall–Kier alpha value is -0.340. The number of hydrogen-bond acceptors (Lipinski definition) is 2. The van der Waals surface area contributed by atoms with E-state index < -0.39 is 0 Å². The minimum Gasteiger partial charge on any atom is -0.310 e. The van der Waals surface area contributed by atoms with E-state index in [1.165, 1.54) is 21.7 Å². The highest BCUT2D eigenvalue weighted by Crippen LogP contribution is 2.30. The van der Waals surface area contributed by atoms with Gasteiger partial charge in [0.25, 0.3) is 0 Å². The zero-order chi connectivity index (χ0) is 11.4. The van der Waals surface area contributed by atoms with Crippen molar-refractivity contribution in [2.45, 2.75) is 47.1 Å². The van der Waals surface area contributed by atoms with Gasteiger partial charge in [0, 0.05) is 15.8 Å². The van der Waals surface area contributed by atoms with Crippen LogP contribution in [0.1, 0.15) is 48.6 Å². The van der Waals surface area contributed by atoms with E-state index in [1.54, 1.807) is 0 Å². The van der Waals surface area contributed by atoms with Gasteiger partial charge in [0.1, 0.15) is 0 Å². The van der Waals surface area contributed by atoms with Gasteiger partial charge < -0.3 is 5.32 Å². The van der Waals surface area contributed by atoms with Crippen LogP contribution in [0.3, 0.4) is 0 Å². The van der Waals surface area contributed by atoms with E-state index in [2.05, 4.69) is 46.0 Å². The van der Waals surface area contributed by atoms with Crippen molar-refractivity contribution in [2.75, 3.05) is 6.54 Å². The van der Waals surface area contributed by atoms with Crippen LogP contribution in [0.2, 0.25) is 0 Å². The first-order chi connectivity index (χ1) is 7.06. The maximum Gasteiger partial charge on any atom is 0.0354 e. The molecule has 1 atom stereocenters. The third-order valence-electron chi connectivity index (χ3n) is 2.70. The van der Waals surface area contributed by atoms with Gasteiger partial charge in [-0.25, -0.2) is 0 Å². The minimum atomic E-state index is 0.523. The van der Waals surface area contributed by atoms with Crippen LogP contribution in [0.5, 0.6) is 0 Å². The summed E-state index contributed by atoms with van der Waals surface area (Å²) in [6.07, 6.45) is 1.20. The van der Waals surface area contributed by atoms with E-state index in [9.17, 15) is 0 Å². The van der Waals surface area contributed by atoms with Gasteiger partial charge in [-0.15, -0.1) is 11.3 Å². The van der Waals surface area contributed by atoms with Crippen molar-refractivity contribution < 1.29 is 0 Å². The summed E-state index contributed by atoms with van der Waals surface area (Å²) >= 11 is 1.91. The molecule has 1 N–H and O–H groups in total. The minimum absolute atomic E-state index is 0.523. The predicted octanol–water partition coefficient (Wildman–Crippen LogP) is 4.06. The average Bonchev–Trinajstić information content (AvgIpc) is 2.46. The number of aryl methyl sites for hydroxylation is 2. The van der Waals surface area contributed by atoms with Gasteiger partial charge in [0.15, 0.2) is 0 Å². The molecule has 1 nitrogen and oxygen atoms in total. The van der Waals surface area contributed by atoms with Crippen LogP contribution in [-0.2, 0) is 0 Å². The lowest BCUT2D eigenvalue weighted by Crippen LogP contribution is -2.26. The zero-order valence-electron chi connectivity index (χ0n) is 10.6. The Bertz CT molecular complexity index is 301. The molecule has 1 unspecified atom stereocenters. The van der Waals surface area contributed by atoms with Gasteiger partial charge in [-0.05, 0) is 44.4 Å². The Kier molecular flexibility index (Phi) is 4.81. The number of rotatable bonds is 5. The maximum atomic E-state index is 3.65. The summed E-state index contributed by atoms with van der Waals surface area (Å²) in [4.78, 5) is 2.89. The van der Waals surface area contributed by atoms with Gasteiger partial charge in [0.05, 0.1) is 0 Å². The molecule has 0 amide bonds. The molecule has 0 fully saturated rings. The van der Waals surface area contributed by atoms with Crippen LogP contribution < -0.4 is 5.32 Å². The monoisotopic (exact) mass is 225 g/mol.